The maximum absolute atomic E-state index is 3.51. The molecule has 0 fully saturated rings. The van der Waals surface area contributed by atoms with E-state index in [1.807, 2.05) is 0 Å². The molecule has 0 nitrogen and oxygen atoms in total. The van der Waals surface area contributed by atoms with Crippen molar-refractivity contribution >= 4 is 127 Å². The maximum atomic E-state index is 3.51. The molecule has 0 N–H and O–H groups in total. The van der Waals surface area contributed by atoms with E-state index in [-0.39, 0.29) is 0 Å². The lowest BCUT2D eigenvalue weighted by molar-refractivity contribution is 1.67. The second-order valence-corrected chi connectivity index (χ2v) is 8.86. The first-order chi connectivity index (χ1) is 7.29. The Morgan fingerprint density at radius 1 is 0.250 bits per heavy atom. The van der Waals surface area contributed by atoms with Crippen molar-refractivity contribution in [2.45, 2.75) is 0 Å². The molecule has 0 aromatic rings. The highest BCUT2D eigenvalue weighted by molar-refractivity contribution is 9.19. The topological polar surface area (TPSA) is 0 Å². The van der Waals surface area contributed by atoms with Crippen molar-refractivity contribution in [1.82, 2.24) is 0 Å². The molecule has 0 aromatic heterocycles. The summed E-state index contributed by atoms with van der Waals surface area (Å²) >= 11 is 28.1. The Kier molecular flexibility index (Phi) is 7.37. The Morgan fingerprint density at radius 3 is 0.375 bits per heavy atom. The van der Waals surface area contributed by atoms with Crippen molar-refractivity contribution in [2.24, 2.45) is 0 Å². The molecule has 0 saturated heterocycles. The molecule has 8 heteroatoms. The van der Waals surface area contributed by atoms with Gasteiger partial charge in [-0.05, 0) is 127 Å². The Bertz CT molecular complexity index is 314. The van der Waals surface area contributed by atoms with Gasteiger partial charge in [-0.25, -0.2) is 0 Å². The van der Waals surface area contributed by atoms with E-state index in [1.165, 1.54) is 0 Å². The first-order valence-corrected chi connectivity index (χ1v) is 9.86. The van der Waals surface area contributed by atoms with Crippen molar-refractivity contribution in [3.63, 3.8) is 0 Å². The van der Waals surface area contributed by atoms with Gasteiger partial charge in [0.15, 0.2) is 0 Å². The predicted molar refractivity (Wildman–Crippen MR) is 99.5 cm³/mol. The van der Waals surface area contributed by atoms with Crippen molar-refractivity contribution in [3.8, 4) is 0 Å². The van der Waals surface area contributed by atoms with E-state index in [0.29, 0.717) is 0 Å². The van der Waals surface area contributed by atoms with Crippen LogP contribution in [0, 0.1) is 0 Å². The predicted octanol–water partition coefficient (Wildman–Crippen LogP) is 8.01. The minimum absolute atomic E-state index is 0.903. The Hall–Kier alpha value is 2.80. The zero-order valence-corrected chi connectivity index (χ0v) is 19.7. The quantitative estimate of drug-likeness (QED) is 0.237. The van der Waals surface area contributed by atoms with Crippen LogP contribution in [0.25, 0.3) is 0 Å². The zero-order chi connectivity index (χ0) is 12.6. The third kappa shape index (κ3) is 3.46. The van der Waals surface area contributed by atoms with Crippen molar-refractivity contribution in [1.29, 1.82) is 0 Å². The third-order valence-electron chi connectivity index (χ3n) is 1.54. The third-order valence-corrected chi connectivity index (χ3v) is 12.1. The van der Waals surface area contributed by atoms with Crippen molar-refractivity contribution in [3.05, 3.63) is 35.9 Å². The smallest absolute Gasteiger partial charge is 0.0483 e. The van der Waals surface area contributed by atoms with E-state index in [0.717, 1.165) is 35.9 Å². The van der Waals surface area contributed by atoms with E-state index >= 15 is 0 Å². The molecule has 0 spiro atoms. The summed E-state index contributed by atoms with van der Waals surface area (Å²) in [7, 11) is 0. The molecule has 0 aliphatic heterocycles. The van der Waals surface area contributed by atoms with Crippen molar-refractivity contribution < 1.29 is 0 Å². The minimum atomic E-state index is 0.903. The van der Waals surface area contributed by atoms with Crippen LogP contribution < -0.4 is 0 Å². The van der Waals surface area contributed by atoms with Gasteiger partial charge in [-0.2, -0.15) is 0 Å². The van der Waals surface area contributed by atoms with Crippen molar-refractivity contribution in [2.75, 3.05) is 0 Å². The highest BCUT2D eigenvalue weighted by Crippen LogP contribution is 2.49. The van der Waals surface area contributed by atoms with Crippen LogP contribution in [-0.4, -0.2) is 0 Å². The molecule has 0 unspecified atom stereocenters. The summed E-state index contributed by atoms with van der Waals surface area (Å²) in [6, 6.07) is 0. The number of hydrogen-bond acceptors (Lipinski definition) is 0. The summed E-state index contributed by atoms with van der Waals surface area (Å²) in [5.74, 6) is 0. The van der Waals surface area contributed by atoms with E-state index in [9.17, 15) is 0 Å². The minimum Gasteiger partial charge on any atom is -0.0483 e. The Labute approximate surface area is 160 Å². The summed E-state index contributed by atoms with van der Waals surface area (Å²) < 4.78 is 7.22. The first kappa shape index (κ1) is 16.9. The molecule has 1 rings (SSSR count). The van der Waals surface area contributed by atoms with Crippen LogP contribution in [0.5, 0.6) is 0 Å². The van der Waals surface area contributed by atoms with Gasteiger partial charge in [-0.3, -0.25) is 0 Å². The van der Waals surface area contributed by atoms with E-state index in [1.54, 1.807) is 0 Å². The molecular weight excluding hydrogens is 735 g/mol. The van der Waals surface area contributed by atoms with Gasteiger partial charge >= 0.3 is 0 Å². The normalized spacial score (nSPS) is 37.5. The number of hydrogen-bond donors (Lipinski definition) is 0. The standard InChI is InChI=1S/C8Br8/c9-1-2(10)4(12)6(14)8(16)7(15)5(13)3(1)11/b2-1-,3-1?,4-2?,5-3-,6-4-,7-5?,8-6?,8-7-. The van der Waals surface area contributed by atoms with Gasteiger partial charge in [0.2, 0.25) is 0 Å². The van der Waals surface area contributed by atoms with Gasteiger partial charge in [-0.15, -0.1) is 0 Å². The highest BCUT2D eigenvalue weighted by Gasteiger charge is 2.21. The van der Waals surface area contributed by atoms with Gasteiger partial charge in [0.05, 0.1) is 0 Å². The van der Waals surface area contributed by atoms with Gasteiger partial charge in [0, 0.05) is 35.9 Å². The summed E-state index contributed by atoms with van der Waals surface area (Å²) in [5.41, 5.74) is 0. The molecule has 0 radical (unpaired) electrons. The number of allylic oxidation sites excluding steroid dienone is 8. The molecule has 0 amide bonds. The van der Waals surface area contributed by atoms with Gasteiger partial charge in [0.1, 0.15) is 0 Å². The van der Waals surface area contributed by atoms with Crippen LogP contribution in [0.3, 0.4) is 0 Å². The monoisotopic (exact) mass is 727 g/mol. The lowest BCUT2D eigenvalue weighted by Gasteiger charge is -2.14. The molecule has 16 heavy (non-hydrogen) atoms. The molecule has 88 valence electrons. The van der Waals surface area contributed by atoms with Crippen LogP contribution in [0.15, 0.2) is 35.9 Å². The van der Waals surface area contributed by atoms with Crippen LogP contribution in [0.2, 0.25) is 0 Å². The van der Waals surface area contributed by atoms with E-state index in [4.69, 9.17) is 0 Å². The highest BCUT2D eigenvalue weighted by atomic mass is 79.9. The van der Waals surface area contributed by atoms with Crippen LogP contribution in [-0.2, 0) is 0 Å². The lowest BCUT2D eigenvalue weighted by Crippen LogP contribution is -1.91. The maximum Gasteiger partial charge on any atom is 0.0483 e. The molecule has 1 aliphatic rings. The Morgan fingerprint density at radius 2 is 0.312 bits per heavy atom. The van der Waals surface area contributed by atoms with E-state index in [2.05, 4.69) is 127 Å². The second-order valence-electron chi connectivity index (χ2n) is 2.51. The summed E-state index contributed by atoms with van der Waals surface area (Å²) in [5, 5.41) is 0. The Balaban J connectivity index is 3.67. The molecule has 1 aliphatic carbocycles. The first-order valence-electron chi connectivity index (χ1n) is 3.51. The van der Waals surface area contributed by atoms with E-state index < -0.39 is 0 Å². The van der Waals surface area contributed by atoms with Gasteiger partial charge in [0.25, 0.3) is 0 Å². The fourth-order valence-electron chi connectivity index (χ4n) is 0.771. The molecule has 0 atom stereocenters. The zero-order valence-electron chi connectivity index (χ0n) is 7.02. The summed E-state index contributed by atoms with van der Waals surface area (Å²) in [4.78, 5) is 0. The largest absolute Gasteiger partial charge is 0.0483 e. The SMILES string of the molecule is BrC1=C(Br)/C(Br)=C(Br)\C(Br)=C(Br)/C(Br)=C\1Br. The van der Waals surface area contributed by atoms with Gasteiger partial charge in [-0.1, -0.05) is 0 Å². The fraction of sp³-hybridized carbons (Fsp3) is 0. The summed E-state index contributed by atoms with van der Waals surface area (Å²) in [6.45, 7) is 0. The molecule has 0 bridgehead atoms. The molecule has 0 saturated carbocycles. The molecule has 0 heterocycles. The number of halogens is 8. The van der Waals surface area contributed by atoms with Crippen LogP contribution in [0.1, 0.15) is 0 Å². The second kappa shape index (κ2) is 6.99. The van der Waals surface area contributed by atoms with Crippen LogP contribution in [0.4, 0.5) is 0 Å². The molecule has 0 aromatic carbocycles. The average molecular weight is 735 g/mol. The molecular formula is C8Br8. The average Bonchev–Trinajstić information content (AvgIpc) is 2.30. The van der Waals surface area contributed by atoms with Crippen LogP contribution >= 0.6 is 127 Å². The number of rotatable bonds is 0. The lowest BCUT2D eigenvalue weighted by atomic mass is 10.3. The van der Waals surface area contributed by atoms with Gasteiger partial charge < -0.3 is 0 Å². The fourth-order valence-corrected chi connectivity index (χ4v) is 6.07. The summed E-state index contributed by atoms with van der Waals surface area (Å²) in [6.07, 6.45) is 0.